The van der Waals surface area contributed by atoms with Crippen LogP contribution in [0, 0.1) is 18.8 Å². The normalized spacial score (nSPS) is 23.0. The summed E-state index contributed by atoms with van der Waals surface area (Å²) in [5.41, 5.74) is 0.780. The van der Waals surface area contributed by atoms with Crippen LogP contribution in [0.5, 0.6) is 0 Å². The Morgan fingerprint density at radius 3 is 2.43 bits per heavy atom. The predicted molar refractivity (Wildman–Crippen MR) is 111 cm³/mol. The monoisotopic (exact) mass is 406 g/mol. The van der Waals surface area contributed by atoms with Gasteiger partial charge in [0.2, 0.25) is 15.9 Å². The van der Waals surface area contributed by atoms with Gasteiger partial charge in [0.15, 0.2) is 0 Å². The predicted octanol–water partition coefficient (Wildman–Crippen LogP) is 3.87. The Bertz CT molecular complexity index is 755. The highest BCUT2D eigenvalue weighted by atomic mass is 32.2. The van der Waals surface area contributed by atoms with E-state index in [1.54, 1.807) is 16.4 Å². The molecule has 0 aromatic heterocycles. The Balaban J connectivity index is 1.56. The minimum absolute atomic E-state index is 0.135. The Hall–Kier alpha value is -1.40. The standard InChI is InChI=1S/C22H34N2O3S/c1-18-10-7-8-14-21(18)28(26,27)24-15-9-11-19(17-24)16-23-22(25)20-12-5-3-2-4-6-13-20/h7-8,10,14,19-20H,2-6,9,11-13,15-17H2,1H3,(H,23,25). The molecule has 1 aromatic rings. The van der Waals surface area contributed by atoms with Crippen LogP contribution in [0.3, 0.4) is 0 Å². The topological polar surface area (TPSA) is 66.5 Å². The van der Waals surface area contributed by atoms with Crippen LogP contribution in [0.4, 0.5) is 0 Å². The number of aryl methyl sites for hydroxylation is 1. The van der Waals surface area contributed by atoms with E-state index < -0.39 is 10.0 Å². The van der Waals surface area contributed by atoms with Crippen LogP contribution in [0.1, 0.15) is 63.4 Å². The number of rotatable bonds is 5. The van der Waals surface area contributed by atoms with Crippen molar-refractivity contribution in [2.24, 2.45) is 11.8 Å². The van der Waals surface area contributed by atoms with E-state index in [1.807, 2.05) is 19.1 Å². The fourth-order valence-electron chi connectivity index (χ4n) is 4.50. The molecular weight excluding hydrogens is 372 g/mol. The van der Waals surface area contributed by atoms with Crippen LogP contribution in [0.15, 0.2) is 29.2 Å². The first-order valence-electron chi connectivity index (χ1n) is 10.8. The number of piperidine rings is 1. The lowest BCUT2D eigenvalue weighted by atomic mass is 9.90. The zero-order valence-corrected chi connectivity index (χ0v) is 17.8. The lowest BCUT2D eigenvalue weighted by molar-refractivity contribution is -0.125. The van der Waals surface area contributed by atoms with Crippen molar-refractivity contribution in [3.63, 3.8) is 0 Å². The second-order valence-electron chi connectivity index (χ2n) is 8.42. The molecule has 1 unspecified atom stereocenters. The smallest absolute Gasteiger partial charge is 0.243 e. The first-order valence-corrected chi connectivity index (χ1v) is 12.3. The highest BCUT2D eigenvalue weighted by Gasteiger charge is 2.31. The van der Waals surface area contributed by atoms with Crippen molar-refractivity contribution in [2.75, 3.05) is 19.6 Å². The van der Waals surface area contributed by atoms with Gasteiger partial charge in [0.1, 0.15) is 0 Å². The van der Waals surface area contributed by atoms with Crippen molar-refractivity contribution in [3.05, 3.63) is 29.8 Å². The summed E-state index contributed by atoms with van der Waals surface area (Å²) < 4.78 is 27.7. The molecule has 0 spiro atoms. The van der Waals surface area contributed by atoms with Crippen molar-refractivity contribution in [2.45, 2.75) is 69.6 Å². The van der Waals surface area contributed by atoms with Gasteiger partial charge < -0.3 is 5.32 Å². The van der Waals surface area contributed by atoms with Gasteiger partial charge in [0, 0.05) is 25.6 Å². The van der Waals surface area contributed by atoms with E-state index in [0.29, 0.717) is 24.5 Å². The third-order valence-electron chi connectivity index (χ3n) is 6.23. The summed E-state index contributed by atoms with van der Waals surface area (Å²) in [7, 11) is -3.47. The highest BCUT2D eigenvalue weighted by Crippen LogP contribution is 2.26. The Morgan fingerprint density at radius 1 is 1.04 bits per heavy atom. The summed E-state index contributed by atoms with van der Waals surface area (Å²) in [5.74, 6) is 0.488. The Kier molecular flexibility index (Phi) is 7.52. The number of hydrogen-bond donors (Lipinski definition) is 1. The Labute approximate surface area is 169 Å². The van der Waals surface area contributed by atoms with Crippen LogP contribution in [-0.2, 0) is 14.8 Å². The Morgan fingerprint density at radius 2 is 1.71 bits per heavy atom. The number of benzene rings is 1. The summed E-state index contributed by atoms with van der Waals surface area (Å²) in [6, 6.07) is 7.16. The van der Waals surface area contributed by atoms with Gasteiger partial charge in [-0.05, 0) is 50.2 Å². The largest absolute Gasteiger partial charge is 0.356 e. The molecule has 3 rings (SSSR count). The average Bonchev–Trinajstić information content (AvgIpc) is 2.66. The molecule has 5 nitrogen and oxygen atoms in total. The molecular formula is C22H34N2O3S. The van der Waals surface area contributed by atoms with Crippen molar-refractivity contribution in [1.82, 2.24) is 9.62 Å². The molecule has 1 atom stereocenters. The quantitative estimate of drug-likeness (QED) is 0.807. The van der Waals surface area contributed by atoms with E-state index in [-0.39, 0.29) is 17.7 Å². The van der Waals surface area contributed by atoms with Crippen molar-refractivity contribution in [3.8, 4) is 0 Å². The molecule has 1 heterocycles. The summed E-state index contributed by atoms with van der Waals surface area (Å²) in [5, 5.41) is 3.13. The molecule has 1 aliphatic carbocycles. The fourth-order valence-corrected chi connectivity index (χ4v) is 6.28. The van der Waals surface area contributed by atoms with Crippen molar-refractivity contribution in [1.29, 1.82) is 0 Å². The molecule has 1 aliphatic heterocycles. The maximum absolute atomic E-state index is 13.0. The molecule has 1 saturated carbocycles. The molecule has 1 saturated heterocycles. The van der Waals surface area contributed by atoms with E-state index in [9.17, 15) is 13.2 Å². The zero-order chi connectivity index (χ0) is 20.0. The second-order valence-corrected chi connectivity index (χ2v) is 10.3. The second kappa shape index (κ2) is 9.88. The van der Waals surface area contributed by atoms with E-state index in [0.717, 1.165) is 44.1 Å². The molecule has 2 fully saturated rings. The van der Waals surface area contributed by atoms with Crippen molar-refractivity contribution >= 4 is 15.9 Å². The van der Waals surface area contributed by atoms with Crippen LogP contribution < -0.4 is 5.32 Å². The third kappa shape index (κ3) is 5.35. The number of carbonyl (C=O) groups is 1. The lowest BCUT2D eigenvalue weighted by Crippen LogP contribution is -2.44. The van der Waals surface area contributed by atoms with Gasteiger partial charge in [-0.2, -0.15) is 4.31 Å². The van der Waals surface area contributed by atoms with Crippen LogP contribution in [0.2, 0.25) is 0 Å². The SMILES string of the molecule is Cc1ccccc1S(=O)(=O)N1CCCC(CNC(=O)C2CCCCCCC2)C1. The van der Waals surface area contributed by atoms with E-state index in [1.165, 1.54) is 19.3 Å². The average molecular weight is 407 g/mol. The summed E-state index contributed by atoms with van der Waals surface area (Å²) in [6.45, 7) is 3.46. The molecule has 0 radical (unpaired) electrons. The maximum atomic E-state index is 13.0. The van der Waals surface area contributed by atoms with Gasteiger partial charge in [0.25, 0.3) is 0 Å². The van der Waals surface area contributed by atoms with Crippen LogP contribution >= 0.6 is 0 Å². The number of hydrogen-bond acceptors (Lipinski definition) is 3. The van der Waals surface area contributed by atoms with Gasteiger partial charge in [-0.15, -0.1) is 0 Å². The number of amides is 1. The third-order valence-corrected chi connectivity index (χ3v) is 8.26. The van der Waals surface area contributed by atoms with Gasteiger partial charge in [0.05, 0.1) is 4.90 Å². The molecule has 6 heteroatoms. The van der Waals surface area contributed by atoms with E-state index >= 15 is 0 Å². The number of nitrogens with zero attached hydrogens (tertiary/aromatic N) is 1. The van der Waals surface area contributed by atoms with E-state index in [2.05, 4.69) is 5.32 Å². The van der Waals surface area contributed by atoms with Crippen LogP contribution in [-0.4, -0.2) is 38.3 Å². The first kappa shape index (κ1) is 21.3. The van der Waals surface area contributed by atoms with Gasteiger partial charge >= 0.3 is 0 Å². The summed E-state index contributed by atoms with van der Waals surface area (Å²) >= 11 is 0. The molecule has 0 bridgehead atoms. The molecule has 1 amide bonds. The van der Waals surface area contributed by atoms with Gasteiger partial charge in [-0.1, -0.05) is 50.3 Å². The molecule has 2 aliphatic rings. The first-order chi connectivity index (χ1) is 13.5. The zero-order valence-electron chi connectivity index (χ0n) is 17.0. The van der Waals surface area contributed by atoms with Gasteiger partial charge in [-0.3, -0.25) is 4.79 Å². The number of carbonyl (C=O) groups excluding carboxylic acids is 1. The van der Waals surface area contributed by atoms with Crippen LogP contribution in [0.25, 0.3) is 0 Å². The minimum atomic E-state index is -3.47. The summed E-state index contributed by atoms with van der Waals surface area (Å²) in [4.78, 5) is 13.0. The maximum Gasteiger partial charge on any atom is 0.243 e. The molecule has 28 heavy (non-hydrogen) atoms. The van der Waals surface area contributed by atoms with Gasteiger partial charge in [-0.25, -0.2) is 8.42 Å². The molecule has 156 valence electrons. The number of nitrogens with one attached hydrogen (secondary N) is 1. The fraction of sp³-hybridized carbons (Fsp3) is 0.682. The number of sulfonamides is 1. The highest BCUT2D eigenvalue weighted by molar-refractivity contribution is 7.89. The lowest BCUT2D eigenvalue weighted by Gasteiger charge is -2.32. The minimum Gasteiger partial charge on any atom is -0.356 e. The van der Waals surface area contributed by atoms with E-state index in [4.69, 9.17) is 0 Å². The molecule has 1 aromatic carbocycles. The summed E-state index contributed by atoms with van der Waals surface area (Å²) in [6.07, 6.45) is 9.83. The molecule has 1 N–H and O–H groups in total. The van der Waals surface area contributed by atoms with Crippen molar-refractivity contribution < 1.29 is 13.2 Å².